The molecule has 2 N–H and O–H groups in total. The van der Waals surface area contributed by atoms with E-state index in [0.29, 0.717) is 12.4 Å². The summed E-state index contributed by atoms with van der Waals surface area (Å²) in [6.07, 6.45) is 4.18. The Labute approximate surface area is 179 Å². The summed E-state index contributed by atoms with van der Waals surface area (Å²) in [4.78, 5) is 24.2. The molecule has 0 aliphatic carbocycles. The number of nitrogens with one attached hydrogen (secondary N) is 2. The minimum Gasteiger partial charge on any atom is -0.360 e. The van der Waals surface area contributed by atoms with Crippen molar-refractivity contribution < 1.29 is 14.2 Å². The van der Waals surface area contributed by atoms with Gasteiger partial charge in [-0.15, -0.1) is 0 Å². The lowest BCUT2D eigenvalue weighted by molar-refractivity contribution is -0.900. The molecule has 0 spiro atoms. The van der Waals surface area contributed by atoms with Crippen LogP contribution in [0.1, 0.15) is 17.1 Å². The van der Waals surface area contributed by atoms with Crippen LogP contribution in [0.25, 0.3) is 11.4 Å². The smallest absolute Gasteiger partial charge is 0.316 e. The van der Waals surface area contributed by atoms with Crippen LogP contribution in [0.2, 0.25) is 5.02 Å². The number of nitrogens with zero attached hydrogens (tertiary/aromatic N) is 4. The lowest BCUT2D eigenvalue weighted by Crippen LogP contribution is -3.15. The van der Waals surface area contributed by atoms with Crippen molar-refractivity contribution in [2.24, 2.45) is 0 Å². The van der Waals surface area contributed by atoms with Gasteiger partial charge in [0, 0.05) is 41.6 Å². The van der Waals surface area contributed by atoms with Gasteiger partial charge in [0.05, 0.1) is 32.7 Å². The molecule has 9 heteroatoms. The number of carbonyl (C=O) groups excluding carboxylic acids is 1. The summed E-state index contributed by atoms with van der Waals surface area (Å²) < 4.78 is 5.08. The molecular weight excluding hydrogens is 404 g/mol. The van der Waals surface area contributed by atoms with Gasteiger partial charge < -0.3 is 19.6 Å². The molecule has 4 rings (SSSR count). The van der Waals surface area contributed by atoms with Gasteiger partial charge in [-0.3, -0.25) is 9.78 Å². The SMILES string of the molecule is O=C(NCCC[NH+]1CCN(c2cccc(Cl)c2)CC1)c1nc(-c2ccncc2)no1. The highest BCUT2D eigenvalue weighted by Gasteiger charge is 2.20. The Balaban J connectivity index is 1.17. The Kier molecular flexibility index (Phi) is 6.56. The van der Waals surface area contributed by atoms with Crippen LogP contribution in [0.5, 0.6) is 0 Å². The van der Waals surface area contributed by atoms with E-state index in [2.05, 4.69) is 31.4 Å². The van der Waals surface area contributed by atoms with Crippen LogP contribution >= 0.6 is 11.6 Å². The largest absolute Gasteiger partial charge is 0.360 e. The van der Waals surface area contributed by atoms with E-state index < -0.39 is 0 Å². The summed E-state index contributed by atoms with van der Waals surface area (Å²) in [6.45, 7) is 5.73. The average Bonchev–Trinajstić information content (AvgIpc) is 3.28. The first-order valence-corrected chi connectivity index (χ1v) is 10.4. The fourth-order valence-corrected chi connectivity index (χ4v) is 3.74. The van der Waals surface area contributed by atoms with E-state index in [1.807, 2.05) is 18.2 Å². The van der Waals surface area contributed by atoms with Gasteiger partial charge in [-0.2, -0.15) is 4.98 Å². The second kappa shape index (κ2) is 9.69. The fraction of sp³-hybridized carbons (Fsp3) is 0.333. The number of pyridine rings is 1. The van der Waals surface area contributed by atoms with E-state index in [1.54, 1.807) is 29.4 Å². The highest BCUT2D eigenvalue weighted by atomic mass is 35.5. The van der Waals surface area contributed by atoms with E-state index in [1.165, 1.54) is 5.69 Å². The van der Waals surface area contributed by atoms with Gasteiger partial charge in [0.15, 0.2) is 0 Å². The number of halogens is 1. The molecule has 1 aliphatic rings. The highest BCUT2D eigenvalue weighted by Crippen LogP contribution is 2.19. The number of amides is 1. The Bertz CT molecular complexity index is 972. The van der Waals surface area contributed by atoms with Crippen LogP contribution < -0.4 is 15.1 Å². The van der Waals surface area contributed by atoms with Gasteiger partial charge in [-0.1, -0.05) is 22.8 Å². The maximum absolute atomic E-state index is 12.2. The lowest BCUT2D eigenvalue weighted by atomic mass is 10.2. The van der Waals surface area contributed by atoms with Gasteiger partial charge in [0.25, 0.3) is 0 Å². The van der Waals surface area contributed by atoms with Gasteiger partial charge in [0.2, 0.25) is 5.82 Å². The van der Waals surface area contributed by atoms with E-state index in [0.717, 1.165) is 49.7 Å². The van der Waals surface area contributed by atoms with Gasteiger partial charge in [0.1, 0.15) is 0 Å². The maximum atomic E-state index is 12.2. The van der Waals surface area contributed by atoms with Crippen molar-refractivity contribution >= 4 is 23.2 Å². The van der Waals surface area contributed by atoms with Gasteiger partial charge >= 0.3 is 11.8 Å². The average molecular weight is 428 g/mol. The first-order valence-electron chi connectivity index (χ1n) is 10.1. The highest BCUT2D eigenvalue weighted by molar-refractivity contribution is 6.30. The molecule has 0 bridgehead atoms. The van der Waals surface area contributed by atoms with E-state index in [-0.39, 0.29) is 11.8 Å². The Morgan fingerprint density at radius 1 is 1.20 bits per heavy atom. The number of piperazine rings is 1. The number of anilines is 1. The molecule has 3 aromatic rings. The number of benzene rings is 1. The number of hydrogen-bond donors (Lipinski definition) is 2. The van der Waals surface area contributed by atoms with Crippen molar-refractivity contribution in [1.82, 2.24) is 20.4 Å². The molecule has 1 aliphatic heterocycles. The van der Waals surface area contributed by atoms with Crippen LogP contribution in [0, 0.1) is 0 Å². The van der Waals surface area contributed by atoms with E-state index in [9.17, 15) is 4.79 Å². The molecule has 8 nitrogen and oxygen atoms in total. The summed E-state index contributed by atoms with van der Waals surface area (Å²) in [6, 6.07) is 11.5. The van der Waals surface area contributed by atoms with Crippen LogP contribution in [-0.2, 0) is 0 Å². The lowest BCUT2D eigenvalue weighted by Gasteiger charge is -2.33. The number of rotatable bonds is 7. The summed E-state index contributed by atoms with van der Waals surface area (Å²) in [5, 5.41) is 7.48. The van der Waals surface area contributed by atoms with E-state index in [4.69, 9.17) is 16.1 Å². The predicted molar refractivity (Wildman–Crippen MR) is 114 cm³/mol. The van der Waals surface area contributed by atoms with Crippen molar-refractivity contribution in [1.29, 1.82) is 0 Å². The normalized spacial score (nSPS) is 14.6. The summed E-state index contributed by atoms with van der Waals surface area (Å²) >= 11 is 6.10. The Morgan fingerprint density at radius 3 is 2.77 bits per heavy atom. The number of quaternary nitrogens is 1. The molecule has 1 fully saturated rings. The van der Waals surface area contributed by atoms with Crippen molar-refractivity contribution in [3.63, 3.8) is 0 Å². The third-order valence-corrected chi connectivity index (χ3v) is 5.43. The van der Waals surface area contributed by atoms with Crippen LogP contribution in [-0.4, -0.2) is 60.3 Å². The number of aromatic nitrogens is 3. The number of carbonyl (C=O) groups is 1. The first kappa shape index (κ1) is 20.3. The predicted octanol–water partition coefficient (Wildman–Crippen LogP) is 1.31. The standard InChI is InChI=1S/C21H23ClN6O2/c22-17-3-1-4-18(15-17)28-13-11-27(12-14-28)10-2-7-24-20(29)21-25-19(26-30-21)16-5-8-23-9-6-16/h1,3-6,8-9,15H,2,7,10-14H2,(H,24,29)/p+1. The van der Waals surface area contributed by atoms with Crippen molar-refractivity contribution in [2.75, 3.05) is 44.2 Å². The van der Waals surface area contributed by atoms with Crippen molar-refractivity contribution in [3.05, 3.63) is 59.7 Å². The molecule has 0 unspecified atom stereocenters. The van der Waals surface area contributed by atoms with Crippen LogP contribution in [0.4, 0.5) is 5.69 Å². The van der Waals surface area contributed by atoms with Crippen LogP contribution in [0.3, 0.4) is 0 Å². The summed E-state index contributed by atoms with van der Waals surface area (Å²) in [5.41, 5.74) is 1.94. The van der Waals surface area contributed by atoms with Crippen molar-refractivity contribution in [2.45, 2.75) is 6.42 Å². The minimum absolute atomic E-state index is 0.0238. The molecule has 0 saturated carbocycles. The van der Waals surface area contributed by atoms with Crippen LogP contribution in [0.15, 0.2) is 53.3 Å². The molecule has 3 heterocycles. The molecule has 1 aromatic carbocycles. The Morgan fingerprint density at radius 2 is 2.00 bits per heavy atom. The first-order chi connectivity index (χ1) is 14.7. The molecule has 156 valence electrons. The zero-order valence-corrected chi connectivity index (χ0v) is 17.3. The minimum atomic E-state index is -0.344. The number of hydrogen-bond acceptors (Lipinski definition) is 6. The quantitative estimate of drug-likeness (QED) is 0.553. The van der Waals surface area contributed by atoms with Gasteiger partial charge in [-0.25, -0.2) is 0 Å². The summed E-state index contributed by atoms with van der Waals surface area (Å²) in [5.74, 6) is 0.0115. The molecule has 1 saturated heterocycles. The van der Waals surface area contributed by atoms with E-state index >= 15 is 0 Å². The zero-order valence-electron chi connectivity index (χ0n) is 16.6. The second-order valence-corrected chi connectivity index (χ2v) is 7.67. The van der Waals surface area contributed by atoms with Gasteiger partial charge in [-0.05, 0) is 30.3 Å². The fourth-order valence-electron chi connectivity index (χ4n) is 3.55. The molecule has 0 radical (unpaired) electrons. The Hall–Kier alpha value is -2.97. The topological polar surface area (TPSA) is 88.6 Å². The molecule has 2 aromatic heterocycles. The second-order valence-electron chi connectivity index (χ2n) is 7.24. The third kappa shape index (κ3) is 5.14. The monoisotopic (exact) mass is 427 g/mol. The summed E-state index contributed by atoms with van der Waals surface area (Å²) in [7, 11) is 0. The molecular formula is C21H24ClN6O2+. The zero-order chi connectivity index (χ0) is 20.8. The molecule has 1 amide bonds. The molecule has 0 atom stereocenters. The van der Waals surface area contributed by atoms with Crippen molar-refractivity contribution in [3.8, 4) is 11.4 Å². The third-order valence-electron chi connectivity index (χ3n) is 5.20. The molecule has 30 heavy (non-hydrogen) atoms. The maximum Gasteiger partial charge on any atom is 0.316 e.